The molecule has 1 heterocycles. The van der Waals surface area contributed by atoms with Gasteiger partial charge in [-0.2, -0.15) is 0 Å². The van der Waals surface area contributed by atoms with Crippen LogP contribution in [0.3, 0.4) is 0 Å². The van der Waals surface area contributed by atoms with Crippen molar-refractivity contribution in [3.05, 3.63) is 0 Å². The van der Waals surface area contributed by atoms with Gasteiger partial charge in [-0.05, 0) is 66.1 Å². The minimum atomic E-state index is 0.358. The van der Waals surface area contributed by atoms with E-state index in [1.54, 1.807) is 0 Å². The summed E-state index contributed by atoms with van der Waals surface area (Å²) in [6.07, 6.45) is 4.00. The molecule has 0 aromatic heterocycles. The van der Waals surface area contributed by atoms with Crippen molar-refractivity contribution >= 4 is 0 Å². The molecule has 2 heteroatoms. The first-order valence-electron chi connectivity index (χ1n) is 6.45. The monoisotopic (exact) mass is 212 g/mol. The Morgan fingerprint density at radius 1 is 1.47 bits per heavy atom. The van der Waals surface area contributed by atoms with Crippen molar-refractivity contribution < 1.29 is 0 Å². The van der Waals surface area contributed by atoms with Gasteiger partial charge in [-0.1, -0.05) is 6.92 Å². The SMILES string of the molecule is CCC(C)N1CCCC(CNC)C1(C)C. The third-order valence-corrected chi connectivity index (χ3v) is 4.26. The molecule has 0 saturated carbocycles. The van der Waals surface area contributed by atoms with Crippen molar-refractivity contribution in [1.82, 2.24) is 10.2 Å². The van der Waals surface area contributed by atoms with E-state index in [2.05, 4.69) is 45.0 Å². The Balaban J connectivity index is 2.72. The number of rotatable bonds is 4. The fourth-order valence-corrected chi connectivity index (χ4v) is 2.99. The van der Waals surface area contributed by atoms with Crippen LogP contribution >= 0.6 is 0 Å². The summed E-state index contributed by atoms with van der Waals surface area (Å²) in [6, 6.07) is 0.722. The molecule has 90 valence electrons. The number of piperidine rings is 1. The molecule has 1 aliphatic rings. The Bertz CT molecular complexity index is 187. The lowest BCUT2D eigenvalue weighted by atomic mass is 9.78. The number of nitrogens with zero attached hydrogens (tertiary/aromatic N) is 1. The maximum Gasteiger partial charge on any atom is 0.0196 e. The highest BCUT2D eigenvalue weighted by atomic mass is 15.2. The van der Waals surface area contributed by atoms with E-state index < -0.39 is 0 Å². The summed E-state index contributed by atoms with van der Waals surface area (Å²) in [5.74, 6) is 0.797. The van der Waals surface area contributed by atoms with Gasteiger partial charge in [0.2, 0.25) is 0 Å². The molecule has 15 heavy (non-hydrogen) atoms. The number of hydrogen-bond donors (Lipinski definition) is 1. The lowest BCUT2D eigenvalue weighted by Gasteiger charge is -2.51. The Labute approximate surface area is 95.4 Å². The van der Waals surface area contributed by atoms with E-state index in [9.17, 15) is 0 Å². The molecule has 1 saturated heterocycles. The Hall–Kier alpha value is -0.0800. The third-order valence-electron chi connectivity index (χ3n) is 4.26. The average Bonchev–Trinajstić information content (AvgIpc) is 2.20. The van der Waals surface area contributed by atoms with E-state index in [4.69, 9.17) is 0 Å². The van der Waals surface area contributed by atoms with E-state index in [0.29, 0.717) is 5.54 Å². The van der Waals surface area contributed by atoms with Gasteiger partial charge in [0, 0.05) is 11.6 Å². The van der Waals surface area contributed by atoms with Gasteiger partial charge in [-0.25, -0.2) is 0 Å². The van der Waals surface area contributed by atoms with Crippen molar-refractivity contribution in [3.8, 4) is 0 Å². The van der Waals surface area contributed by atoms with Crippen LogP contribution in [0.5, 0.6) is 0 Å². The number of likely N-dealkylation sites (tertiary alicyclic amines) is 1. The highest BCUT2D eigenvalue weighted by molar-refractivity contribution is 4.95. The lowest BCUT2D eigenvalue weighted by molar-refractivity contribution is -0.00726. The molecule has 2 unspecified atom stereocenters. The molecular weight excluding hydrogens is 184 g/mol. The van der Waals surface area contributed by atoms with E-state index in [1.807, 2.05) is 0 Å². The molecule has 0 spiro atoms. The van der Waals surface area contributed by atoms with Gasteiger partial charge < -0.3 is 5.32 Å². The fraction of sp³-hybridized carbons (Fsp3) is 1.00. The first kappa shape index (κ1) is 13.0. The predicted molar refractivity (Wildman–Crippen MR) is 67.2 cm³/mol. The maximum absolute atomic E-state index is 3.34. The van der Waals surface area contributed by atoms with Crippen LogP contribution in [-0.2, 0) is 0 Å². The molecule has 0 aliphatic carbocycles. The molecule has 0 amide bonds. The zero-order valence-corrected chi connectivity index (χ0v) is 11.1. The second kappa shape index (κ2) is 5.31. The van der Waals surface area contributed by atoms with E-state index >= 15 is 0 Å². The molecule has 0 aromatic carbocycles. The minimum Gasteiger partial charge on any atom is -0.319 e. The zero-order chi connectivity index (χ0) is 11.5. The summed E-state index contributed by atoms with van der Waals surface area (Å²) in [6.45, 7) is 11.9. The Morgan fingerprint density at radius 3 is 2.67 bits per heavy atom. The van der Waals surface area contributed by atoms with Crippen LogP contribution < -0.4 is 5.32 Å². The van der Waals surface area contributed by atoms with Crippen molar-refractivity contribution in [2.24, 2.45) is 5.92 Å². The summed E-state index contributed by atoms with van der Waals surface area (Å²) in [5, 5.41) is 3.34. The second-order valence-corrected chi connectivity index (χ2v) is 5.50. The molecule has 1 fully saturated rings. The summed E-state index contributed by atoms with van der Waals surface area (Å²) in [7, 11) is 2.07. The van der Waals surface area contributed by atoms with Gasteiger partial charge in [0.1, 0.15) is 0 Å². The fourth-order valence-electron chi connectivity index (χ4n) is 2.99. The van der Waals surface area contributed by atoms with Gasteiger partial charge >= 0.3 is 0 Å². The van der Waals surface area contributed by atoms with E-state index in [0.717, 1.165) is 18.5 Å². The molecule has 0 radical (unpaired) electrons. The standard InChI is InChI=1S/C13H28N2/c1-6-11(2)15-9-7-8-12(10-14-5)13(15,3)4/h11-12,14H,6-10H2,1-5H3. The molecular formula is C13H28N2. The molecule has 1 N–H and O–H groups in total. The molecule has 1 rings (SSSR count). The smallest absolute Gasteiger partial charge is 0.0196 e. The average molecular weight is 212 g/mol. The normalized spacial score (nSPS) is 29.0. The highest BCUT2D eigenvalue weighted by Crippen LogP contribution is 2.34. The van der Waals surface area contributed by atoms with Gasteiger partial charge in [-0.15, -0.1) is 0 Å². The molecule has 1 aliphatic heterocycles. The second-order valence-electron chi connectivity index (χ2n) is 5.50. The van der Waals surface area contributed by atoms with Crippen molar-refractivity contribution in [2.45, 2.75) is 58.5 Å². The highest BCUT2D eigenvalue weighted by Gasteiger charge is 2.39. The van der Waals surface area contributed by atoms with Gasteiger partial charge in [0.15, 0.2) is 0 Å². The van der Waals surface area contributed by atoms with Crippen LogP contribution in [0.1, 0.15) is 47.0 Å². The topological polar surface area (TPSA) is 15.3 Å². The van der Waals surface area contributed by atoms with Crippen molar-refractivity contribution in [2.75, 3.05) is 20.1 Å². The van der Waals surface area contributed by atoms with Crippen LogP contribution in [0.4, 0.5) is 0 Å². The third kappa shape index (κ3) is 2.73. The maximum atomic E-state index is 3.34. The first-order valence-corrected chi connectivity index (χ1v) is 6.45. The minimum absolute atomic E-state index is 0.358. The quantitative estimate of drug-likeness (QED) is 0.770. The number of nitrogens with one attached hydrogen (secondary N) is 1. The van der Waals surface area contributed by atoms with E-state index in [-0.39, 0.29) is 0 Å². The van der Waals surface area contributed by atoms with Crippen molar-refractivity contribution in [3.63, 3.8) is 0 Å². The number of hydrogen-bond acceptors (Lipinski definition) is 2. The molecule has 2 nitrogen and oxygen atoms in total. The summed E-state index contributed by atoms with van der Waals surface area (Å²) < 4.78 is 0. The summed E-state index contributed by atoms with van der Waals surface area (Å²) in [5.41, 5.74) is 0.358. The molecule has 2 atom stereocenters. The largest absolute Gasteiger partial charge is 0.319 e. The summed E-state index contributed by atoms with van der Waals surface area (Å²) >= 11 is 0. The summed E-state index contributed by atoms with van der Waals surface area (Å²) in [4.78, 5) is 2.71. The van der Waals surface area contributed by atoms with Crippen molar-refractivity contribution in [1.29, 1.82) is 0 Å². The van der Waals surface area contributed by atoms with Crippen LogP contribution in [0.15, 0.2) is 0 Å². The predicted octanol–water partition coefficient (Wildman–Crippen LogP) is 2.49. The molecule has 0 bridgehead atoms. The van der Waals surface area contributed by atoms with Crippen LogP contribution in [-0.4, -0.2) is 36.6 Å². The van der Waals surface area contributed by atoms with Gasteiger partial charge in [0.25, 0.3) is 0 Å². The lowest BCUT2D eigenvalue weighted by Crippen LogP contribution is -2.58. The van der Waals surface area contributed by atoms with Crippen LogP contribution in [0, 0.1) is 5.92 Å². The zero-order valence-electron chi connectivity index (χ0n) is 11.1. The van der Waals surface area contributed by atoms with Crippen LogP contribution in [0.2, 0.25) is 0 Å². The van der Waals surface area contributed by atoms with E-state index in [1.165, 1.54) is 25.8 Å². The van der Waals surface area contributed by atoms with Gasteiger partial charge in [-0.3, -0.25) is 4.90 Å². The Kier molecular flexibility index (Phi) is 4.60. The first-order chi connectivity index (χ1) is 7.04. The molecule has 0 aromatic rings. The Morgan fingerprint density at radius 2 is 2.13 bits per heavy atom. The van der Waals surface area contributed by atoms with Crippen LogP contribution in [0.25, 0.3) is 0 Å². The van der Waals surface area contributed by atoms with Gasteiger partial charge in [0.05, 0.1) is 0 Å².